The maximum absolute atomic E-state index is 2.41. The van der Waals surface area contributed by atoms with Gasteiger partial charge in [-0.1, -0.05) is 164 Å². The van der Waals surface area contributed by atoms with Crippen molar-refractivity contribution in [2.24, 2.45) is 0 Å². The van der Waals surface area contributed by atoms with Crippen molar-refractivity contribution in [3.05, 3.63) is 218 Å². The van der Waals surface area contributed by atoms with Gasteiger partial charge in [-0.3, -0.25) is 0 Å². The van der Waals surface area contributed by atoms with Crippen molar-refractivity contribution in [1.82, 2.24) is 4.57 Å². The molecule has 54 heavy (non-hydrogen) atoms. The molecule has 1 heterocycles. The summed E-state index contributed by atoms with van der Waals surface area (Å²) in [5, 5.41) is 5.02. The number of para-hydroxylation sites is 4. The Balaban J connectivity index is 1.09. The summed E-state index contributed by atoms with van der Waals surface area (Å²) in [6.45, 7) is 0. The molecule has 1 aromatic heterocycles. The van der Waals surface area contributed by atoms with Gasteiger partial charge in [-0.2, -0.15) is 0 Å². The van der Waals surface area contributed by atoms with E-state index < -0.39 is 0 Å². The molecule has 0 amide bonds. The lowest BCUT2D eigenvalue weighted by Crippen LogP contribution is -2.11. The predicted octanol–water partition coefficient (Wildman–Crippen LogP) is 14.4. The van der Waals surface area contributed by atoms with Gasteiger partial charge in [-0.25, -0.2) is 0 Å². The van der Waals surface area contributed by atoms with Crippen molar-refractivity contribution >= 4 is 49.6 Å². The highest BCUT2D eigenvalue weighted by Gasteiger charge is 2.19. The summed E-state index contributed by atoms with van der Waals surface area (Å²) >= 11 is 0. The molecule has 0 saturated heterocycles. The lowest BCUT2D eigenvalue weighted by atomic mass is 9.99. The summed E-state index contributed by atoms with van der Waals surface area (Å²) in [5.74, 6) is 0. The van der Waals surface area contributed by atoms with E-state index in [-0.39, 0.29) is 0 Å². The number of anilines is 3. The normalized spacial score (nSPS) is 11.3. The fraction of sp³-hybridized carbons (Fsp3) is 0. The third kappa shape index (κ3) is 5.53. The van der Waals surface area contributed by atoms with Gasteiger partial charge in [0.05, 0.1) is 22.4 Å². The van der Waals surface area contributed by atoms with Crippen LogP contribution >= 0.6 is 0 Å². The molecule has 0 unspecified atom stereocenters. The SMILES string of the molecule is c1ccc(-c2ccccc2N(c2ccc(-c3ccc4ccccc4c3)cc2)c2ccc(-c3ccccc3-n3c4ccccc4c4ccccc43)cc2)cc1. The first kappa shape index (κ1) is 31.6. The summed E-state index contributed by atoms with van der Waals surface area (Å²) in [4.78, 5) is 2.38. The van der Waals surface area contributed by atoms with Crippen molar-refractivity contribution in [2.45, 2.75) is 0 Å². The maximum Gasteiger partial charge on any atom is 0.0541 e. The first-order valence-electron chi connectivity index (χ1n) is 18.5. The molecule has 0 saturated carbocycles. The molecule has 0 N–H and O–H groups in total. The molecular weight excluding hydrogens is 653 g/mol. The molecular formula is C52H36N2. The van der Waals surface area contributed by atoms with E-state index in [1.54, 1.807) is 0 Å². The molecule has 254 valence electrons. The van der Waals surface area contributed by atoms with Crippen LogP contribution in [0, 0.1) is 0 Å². The van der Waals surface area contributed by atoms with Gasteiger partial charge >= 0.3 is 0 Å². The van der Waals surface area contributed by atoms with Gasteiger partial charge in [0.2, 0.25) is 0 Å². The summed E-state index contributed by atoms with van der Waals surface area (Å²) in [6, 6.07) is 78.8. The average Bonchev–Trinajstić information content (AvgIpc) is 3.59. The van der Waals surface area contributed by atoms with Crippen molar-refractivity contribution in [3.8, 4) is 39.1 Å². The van der Waals surface area contributed by atoms with E-state index in [1.807, 2.05) is 0 Å². The van der Waals surface area contributed by atoms with E-state index in [0.717, 1.165) is 17.1 Å². The minimum absolute atomic E-state index is 1.09. The monoisotopic (exact) mass is 688 g/mol. The second-order valence-electron chi connectivity index (χ2n) is 13.8. The molecule has 9 aromatic carbocycles. The van der Waals surface area contributed by atoms with E-state index in [0.29, 0.717) is 0 Å². The fourth-order valence-corrected chi connectivity index (χ4v) is 8.01. The zero-order chi connectivity index (χ0) is 35.8. The molecule has 0 aliphatic carbocycles. The molecule has 0 aliphatic rings. The standard InChI is InChI=1S/C52H36N2/c1-2-15-39(16-3-1)45-18-6-10-22-49(45)53(43-32-28-38(29-33-43)42-27-26-37-14-4-5-17-41(37)36-42)44-34-30-40(31-35-44)46-19-7-11-23-50(46)54-51-24-12-8-20-47(51)48-21-9-13-25-52(48)54/h1-36H. The van der Waals surface area contributed by atoms with Crippen molar-refractivity contribution in [1.29, 1.82) is 0 Å². The summed E-state index contributed by atoms with van der Waals surface area (Å²) in [6.07, 6.45) is 0. The average molecular weight is 689 g/mol. The number of hydrogen-bond donors (Lipinski definition) is 0. The first-order valence-corrected chi connectivity index (χ1v) is 18.5. The molecule has 0 bridgehead atoms. The van der Waals surface area contributed by atoms with Gasteiger partial charge < -0.3 is 9.47 Å². The molecule has 0 atom stereocenters. The van der Waals surface area contributed by atoms with E-state index >= 15 is 0 Å². The number of nitrogens with zero attached hydrogens (tertiary/aromatic N) is 2. The Bertz CT molecular complexity index is 2870. The Morgan fingerprint density at radius 1 is 0.315 bits per heavy atom. The highest BCUT2D eigenvalue weighted by atomic mass is 15.1. The van der Waals surface area contributed by atoms with Crippen LogP contribution in [0.1, 0.15) is 0 Å². The predicted molar refractivity (Wildman–Crippen MR) is 229 cm³/mol. The van der Waals surface area contributed by atoms with Crippen LogP contribution in [-0.2, 0) is 0 Å². The van der Waals surface area contributed by atoms with Gasteiger partial charge in [-0.05, 0) is 87.6 Å². The zero-order valence-corrected chi connectivity index (χ0v) is 29.7. The smallest absolute Gasteiger partial charge is 0.0541 e. The Morgan fingerprint density at radius 2 is 0.815 bits per heavy atom. The highest BCUT2D eigenvalue weighted by molar-refractivity contribution is 6.09. The zero-order valence-electron chi connectivity index (χ0n) is 29.7. The topological polar surface area (TPSA) is 8.17 Å². The lowest BCUT2D eigenvalue weighted by molar-refractivity contribution is 1.18. The molecule has 10 aromatic rings. The molecule has 10 rings (SSSR count). The van der Waals surface area contributed by atoms with Gasteiger partial charge in [0.1, 0.15) is 0 Å². The fourth-order valence-electron chi connectivity index (χ4n) is 8.01. The van der Waals surface area contributed by atoms with Crippen LogP contribution in [0.15, 0.2) is 218 Å². The Hall–Kier alpha value is -7.16. The Morgan fingerprint density at radius 3 is 1.52 bits per heavy atom. The van der Waals surface area contributed by atoms with Crippen LogP contribution in [0.25, 0.3) is 71.6 Å². The Kier molecular flexibility index (Phi) is 7.85. The minimum Gasteiger partial charge on any atom is -0.310 e. The molecule has 0 aliphatic heterocycles. The highest BCUT2D eigenvalue weighted by Crippen LogP contribution is 2.43. The van der Waals surface area contributed by atoms with Crippen molar-refractivity contribution in [3.63, 3.8) is 0 Å². The van der Waals surface area contributed by atoms with Crippen LogP contribution in [0.5, 0.6) is 0 Å². The molecule has 0 radical (unpaired) electrons. The van der Waals surface area contributed by atoms with Crippen LogP contribution < -0.4 is 4.90 Å². The molecule has 0 spiro atoms. The van der Waals surface area contributed by atoms with E-state index in [4.69, 9.17) is 0 Å². The van der Waals surface area contributed by atoms with Gasteiger partial charge in [0.25, 0.3) is 0 Å². The van der Waals surface area contributed by atoms with Crippen LogP contribution in [0.2, 0.25) is 0 Å². The number of rotatable bonds is 7. The number of aromatic nitrogens is 1. The number of benzene rings is 9. The third-order valence-corrected chi connectivity index (χ3v) is 10.6. The largest absolute Gasteiger partial charge is 0.310 e. The second kappa shape index (κ2) is 13.4. The number of fused-ring (bicyclic) bond motifs is 4. The minimum atomic E-state index is 1.09. The van der Waals surface area contributed by atoms with Gasteiger partial charge in [0, 0.05) is 33.3 Å². The van der Waals surface area contributed by atoms with Crippen molar-refractivity contribution in [2.75, 3.05) is 4.90 Å². The van der Waals surface area contributed by atoms with Crippen LogP contribution in [0.3, 0.4) is 0 Å². The van der Waals surface area contributed by atoms with E-state index in [1.165, 1.54) is 71.6 Å². The van der Waals surface area contributed by atoms with E-state index in [9.17, 15) is 0 Å². The number of hydrogen-bond acceptors (Lipinski definition) is 1. The quantitative estimate of drug-likeness (QED) is 0.162. The van der Waals surface area contributed by atoms with Crippen LogP contribution in [-0.4, -0.2) is 4.57 Å². The third-order valence-electron chi connectivity index (χ3n) is 10.6. The van der Waals surface area contributed by atoms with E-state index in [2.05, 4.69) is 228 Å². The van der Waals surface area contributed by atoms with Crippen LogP contribution in [0.4, 0.5) is 17.1 Å². The maximum atomic E-state index is 2.41. The first-order chi connectivity index (χ1) is 26.8. The second-order valence-corrected chi connectivity index (χ2v) is 13.8. The van der Waals surface area contributed by atoms with Gasteiger partial charge in [-0.15, -0.1) is 0 Å². The summed E-state index contributed by atoms with van der Waals surface area (Å²) < 4.78 is 2.41. The molecule has 0 fully saturated rings. The molecule has 2 heteroatoms. The molecule has 2 nitrogen and oxygen atoms in total. The summed E-state index contributed by atoms with van der Waals surface area (Å²) in [5.41, 5.74) is 14.0. The summed E-state index contributed by atoms with van der Waals surface area (Å²) in [7, 11) is 0. The Labute approximate surface area is 315 Å². The lowest BCUT2D eigenvalue weighted by Gasteiger charge is -2.28. The van der Waals surface area contributed by atoms with Gasteiger partial charge in [0.15, 0.2) is 0 Å². The van der Waals surface area contributed by atoms with Crippen molar-refractivity contribution < 1.29 is 0 Å².